The van der Waals surface area contributed by atoms with Gasteiger partial charge in [0, 0.05) is 18.2 Å². The van der Waals surface area contributed by atoms with Gasteiger partial charge in [0.25, 0.3) is 5.91 Å². The van der Waals surface area contributed by atoms with E-state index in [1.165, 1.54) is 0 Å². The summed E-state index contributed by atoms with van der Waals surface area (Å²) in [5.74, 6) is -4.89. The number of carbonyl (C=O) groups is 1. The Morgan fingerprint density at radius 3 is 2.47 bits per heavy atom. The van der Waals surface area contributed by atoms with Gasteiger partial charge in [-0.05, 0) is 25.1 Å². The molecule has 1 aliphatic heterocycles. The maximum Gasteiger partial charge on any atom is 0.251 e. The second kappa shape index (κ2) is 4.75. The lowest BCUT2D eigenvalue weighted by molar-refractivity contribution is 0.0939. The minimum Gasteiger partial charge on any atom is -0.348 e. The molecule has 1 aromatic rings. The van der Waals surface area contributed by atoms with Crippen LogP contribution in [0.4, 0.5) is 13.2 Å². The molecule has 0 bridgehead atoms. The molecule has 0 radical (unpaired) electrons. The van der Waals surface area contributed by atoms with Crippen LogP contribution in [0.25, 0.3) is 0 Å². The first kappa shape index (κ1) is 11.9. The predicted molar refractivity (Wildman–Crippen MR) is 55.1 cm³/mol. The average Bonchev–Trinajstić information content (AvgIpc) is 2.77. The van der Waals surface area contributed by atoms with Crippen LogP contribution >= 0.6 is 0 Å². The monoisotopic (exact) mass is 244 g/mol. The summed E-state index contributed by atoms with van der Waals surface area (Å²) in [6, 6.07) is 1.32. The molecule has 2 N–H and O–H groups in total. The topological polar surface area (TPSA) is 41.1 Å². The number of nitrogens with one attached hydrogen (secondary N) is 2. The van der Waals surface area contributed by atoms with Crippen LogP contribution in [0.1, 0.15) is 16.8 Å². The normalized spacial score (nSPS) is 19.4. The molecule has 1 atom stereocenters. The van der Waals surface area contributed by atoms with Crippen molar-refractivity contribution in [1.29, 1.82) is 0 Å². The quantitative estimate of drug-likeness (QED) is 0.767. The smallest absolute Gasteiger partial charge is 0.251 e. The highest BCUT2D eigenvalue weighted by Crippen LogP contribution is 2.14. The Morgan fingerprint density at radius 2 is 1.94 bits per heavy atom. The van der Waals surface area contributed by atoms with Gasteiger partial charge in [-0.25, -0.2) is 13.2 Å². The van der Waals surface area contributed by atoms with Crippen molar-refractivity contribution in [3.63, 3.8) is 0 Å². The van der Waals surface area contributed by atoms with Crippen molar-refractivity contribution in [3.8, 4) is 0 Å². The third-order valence-electron chi connectivity index (χ3n) is 2.64. The third kappa shape index (κ3) is 2.58. The Hall–Kier alpha value is -1.56. The lowest BCUT2D eigenvalue weighted by atomic mass is 10.1. The fourth-order valence-electron chi connectivity index (χ4n) is 1.73. The Labute approximate surface area is 96.0 Å². The maximum absolute atomic E-state index is 12.9. The molecule has 1 aromatic carbocycles. The van der Waals surface area contributed by atoms with Crippen LogP contribution in [0.2, 0.25) is 0 Å². The molecular formula is C11H11F3N2O. The van der Waals surface area contributed by atoms with Gasteiger partial charge in [0.1, 0.15) is 0 Å². The second-order valence-electron chi connectivity index (χ2n) is 3.92. The van der Waals surface area contributed by atoms with E-state index in [1.54, 1.807) is 0 Å². The molecule has 0 saturated carbocycles. The molecule has 1 amide bonds. The fraction of sp³-hybridized carbons (Fsp3) is 0.364. The van der Waals surface area contributed by atoms with Crippen LogP contribution in [-0.2, 0) is 0 Å². The first-order valence-corrected chi connectivity index (χ1v) is 5.24. The Kier molecular flexibility index (Phi) is 3.33. The van der Waals surface area contributed by atoms with Crippen LogP contribution in [0.5, 0.6) is 0 Å². The molecule has 1 saturated heterocycles. The molecule has 0 aromatic heterocycles. The number of halogens is 3. The molecule has 6 heteroatoms. The summed E-state index contributed by atoms with van der Waals surface area (Å²) in [4.78, 5) is 11.6. The summed E-state index contributed by atoms with van der Waals surface area (Å²) in [5.41, 5.74) is -0.215. The van der Waals surface area contributed by atoms with E-state index in [0.29, 0.717) is 18.7 Å². The molecule has 92 valence electrons. The number of benzene rings is 1. The number of rotatable bonds is 2. The number of hydrogen-bond donors (Lipinski definition) is 2. The van der Waals surface area contributed by atoms with Crippen LogP contribution in [0, 0.1) is 17.5 Å². The van der Waals surface area contributed by atoms with Gasteiger partial charge in [0.15, 0.2) is 17.5 Å². The molecule has 3 nitrogen and oxygen atoms in total. The van der Waals surface area contributed by atoms with Crippen molar-refractivity contribution in [1.82, 2.24) is 10.6 Å². The summed E-state index contributed by atoms with van der Waals surface area (Å²) in [7, 11) is 0. The van der Waals surface area contributed by atoms with E-state index in [-0.39, 0.29) is 11.6 Å². The number of amides is 1. The van der Waals surface area contributed by atoms with Gasteiger partial charge in [0.05, 0.1) is 0 Å². The van der Waals surface area contributed by atoms with E-state index in [2.05, 4.69) is 10.6 Å². The van der Waals surface area contributed by atoms with E-state index in [0.717, 1.165) is 13.0 Å². The van der Waals surface area contributed by atoms with Gasteiger partial charge in [-0.3, -0.25) is 4.79 Å². The van der Waals surface area contributed by atoms with Crippen molar-refractivity contribution < 1.29 is 18.0 Å². The third-order valence-corrected chi connectivity index (χ3v) is 2.64. The minimum atomic E-state index is -1.57. The summed E-state index contributed by atoms with van der Waals surface area (Å²) in [6.45, 7) is 1.41. The Morgan fingerprint density at radius 1 is 1.29 bits per heavy atom. The van der Waals surface area contributed by atoms with Crippen molar-refractivity contribution >= 4 is 5.91 Å². The minimum absolute atomic E-state index is 0.0568. The van der Waals surface area contributed by atoms with Crippen molar-refractivity contribution in [3.05, 3.63) is 35.1 Å². The molecule has 0 spiro atoms. The zero-order chi connectivity index (χ0) is 12.4. The fourth-order valence-corrected chi connectivity index (χ4v) is 1.73. The van der Waals surface area contributed by atoms with Crippen molar-refractivity contribution in [2.75, 3.05) is 13.1 Å². The highest BCUT2D eigenvalue weighted by Gasteiger charge is 2.20. The van der Waals surface area contributed by atoms with Crippen LogP contribution in [-0.4, -0.2) is 25.0 Å². The Bertz CT molecular complexity index is 421. The molecule has 1 heterocycles. The van der Waals surface area contributed by atoms with Gasteiger partial charge >= 0.3 is 0 Å². The molecule has 1 aliphatic rings. The molecular weight excluding hydrogens is 233 g/mol. The standard InChI is InChI=1S/C11H11F3N2O/c12-8-3-6(4-9(13)10(8)14)11(17)16-7-1-2-15-5-7/h3-4,7,15H,1-2,5H2,(H,16,17)/t7-/m0/s1. The lowest BCUT2D eigenvalue weighted by Gasteiger charge is -2.11. The largest absolute Gasteiger partial charge is 0.348 e. The molecule has 17 heavy (non-hydrogen) atoms. The van der Waals surface area contributed by atoms with Gasteiger partial charge in [-0.2, -0.15) is 0 Å². The second-order valence-corrected chi connectivity index (χ2v) is 3.92. The average molecular weight is 244 g/mol. The van der Waals surface area contributed by atoms with Crippen LogP contribution in [0.15, 0.2) is 12.1 Å². The number of hydrogen-bond acceptors (Lipinski definition) is 2. The summed E-state index contributed by atoms with van der Waals surface area (Å²) in [5, 5.41) is 5.65. The van der Waals surface area contributed by atoms with E-state index in [9.17, 15) is 18.0 Å². The highest BCUT2D eigenvalue weighted by atomic mass is 19.2. The molecule has 0 unspecified atom stereocenters. The van der Waals surface area contributed by atoms with E-state index in [1.807, 2.05) is 0 Å². The zero-order valence-corrected chi connectivity index (χ0v) is 8.90. The van der Waals surface area contributed by atoms with Crippen LogP contribution in [0.3, 0.4) is 0 Å². The zero-order valence-electron chi connectivity index (χ0n) is 8.90. The summed E-state index contributed by atoms with van der Waals surface area (Å²) >= 11 is 0. The van der Waals surface area contributed by atoms with Gasteiger partial charge in [-0.1, -0.05) is 0 Å². The van der Waals surface area contributed by atoms with Crippen LogP contribution < -0.4 is 10.6 Å². The van der Waals surface area contributed by atoms with Crippen molar-refractivity contribution in [2.24, 2.45) is 0 Å². The SMILES string of the molecule is O=C(N[C@H]1CCNC1)c1cc(F)c(F)c(F)c1. The van der Waals surface area contributed by atoms with E-state index < -0.39 is 23.4 Å². The molecule has 1 fully saturated rings. The lowest BCUT2D eigenvalue weighted by Crippen LogP contribution is -2.36. The van der Waals surface area contributed by atoms with E-state index in [4.69, 9.17) is 0 Å². The first-order chi connectivity index (χ1) is 8.08. The Balaban J connectivity index is 2.13. The number of carbonyl (C=O) groups excluding carboxylic acids is 1. The maximum atomic E-state index is 12.9. The van der Waals surface area contributed by atoms with Gasteiger partial charge in [-0.15, -0.1) is 0 Å². The van der Waals surface area contributed by atoms with Gasteiger partial charge < -0.3 is 10.6 Å². The highest BCUT2D eigenvalue weighted by molar-refractivity contribution is 5.94. The molecule has 0 aliphatic carbocycles. The molecule has 2 rings (SSSR count). The first-order valence-electron chi connectivity index (χ1n) is 5.24. The van der Waals surface area contributed by atoms with E-state index >= 15 is 0 Å². The predicted octanol–water partition coefficient (Wildman–Crippen LogP) is 1.20. The van der Waals surface area contributed by atoms with Crippen molar-refractivity contribution in [2.45, 2.75) is 12.5 Å². The summed E-state index contributed by atoms with van der Waals surface area (Å²) < 4.78 is 38.5. The van der Waals surface area contributed by atoms with Gasteiger partial charge in [0.2, 0.25) is 0 Å². The summed E-state index contributed by atoms with van der Waals surface area (Å²) in [6.07, 6.45) is 0.762.